The number of rotatable bonds is 9. The molecule has 0 aliphatic carbocycles. The minimum absolute atomic E-state index is 0.134. The van der Waals surface area contributed by atoms with Crippen LogP contribution in [0.5, 0.6) is 5.75 Å². The maximum Gasteiger partial charge on any atom is 0.430 e. The Hall–Kier alpha value is -2.34. The van der Waals surface area contributed by atoms with E-state index in [1.807, 2.05) is 0 Å². The number of hydrogen-bond acceptors (Lipinski definition) is 5. The van der Waals surface area contributed by atoms with Crippen molar-refractivity contribution in [3.8, 4) is 5.75 Å². The summed E-state index contributed by atoms with van der Waals surface area (Å²) in [5, 5.41) is 29.5. The molecule has 1 aromatic carbocycles. The topological polar surface area (TPSA) is 69.9 Å². The van der Waals surface area contributed by atoms with E-state index < -0.39 is 18.0 Å². The highest BCUT2D eigenvalue weighted by molar-refractivity contribution is 7.11. The normalized spacial score (nSPS) is 13.7. The Bertz CT molecular complexity index is 978. The number of aliphatic hydroxyl groups excluding tert-OH is 2. The van der Waals surface area contributed by atoms with Gasteiger partial charge in [-0.1, -0.05) is 25.1 Å². The van der Waals surface area contributed by atoms with Crippen molar-refractivity contribution in [2.75, 3.05) is 0 Å². The van der Waals surface area contributed by atoms with Gasteiger partial charge in [0, 0.05) is 10.4 Å². The zero-order valence-corrected chi connectivity index (χ0v) is 18.2. The van der Waals surface area contributed by atoms with Crippen LogP contribution in [0.3, 0.4) is 0 Å². The van der Waals surface area contributed by atoms with E-state index in [2.05, 4.69) is 0 Å². The summed E-state index contributed by atoms with van der Waals surface area (Å²) in [6.45, 7) is 1.32. The molecule has 182 valence electrons. The summed E-state index contributed by atoms with van der Waals surface area (Å²) in [4.78, 5) is 0.620. The van der Waals surface area contributed by atoms with E-state index in [4.69, 9.17) is 4.74 Å². The number of benzene rings is 1. The van der Waals surface area contributed by atoms with Crippen LogP contribution in [-0.4, -0.2) is 33.3 Å². The fourth-order valence-corrected chi connectivity index (χ4v) is 3.80. The summed E-state index contributed by atoms with van der Waals surface area (Å²) >= 11 is 1.24. The SMILES string of the molecule is CC/C(=C/C=C\C(O)(C(F)(F)F)C(F)(F)F)c1cc(COc2ccc(CO)c(CO)c2)cs1. The van der Waals surface area contributed by atoms with Crippen molar-refractivity contribution in [1.29, 1.82) is 0 Å². The first-order chi connectivity index (χ1) is 15.4. The highest BCUT2D eigenvalue weighted by Gasteiger charge is 2.68. The van der Waals surface area contributed by atoms with E-state index in [9.17, 15) is 41.7 Å². The molecule has 2 aromatic rings. The van der Waals surface area contributed by atoms with E-state index in [1.54, 1.807) is 36.6 Å². The Morgan fingerprint density at radius 3 is 2.18 bits per heavy atom. The summed E-state index contributed by atoms with van der Waals surface area (Å²) < 4.78 is 82.3. The average Bonchev–Trinajstić information content (AvgIpc) is 3.22. The van der Waals surface area contributed by atoms with Crippen molar-refractivity contribution in [3.05, 3.63) is 69.4 Å². The number of alkyl halides is 6. The molecule has 0 fully saturated rings. The van der Waals surface area contributed by atoms with E-state index in [1.165, 1.54) is 11.3 Å². The molecule has 0 amide bonds. The lowest BCUT2D eigenvalue weighted by Gasteiger charge is -2.29. The van der Waals surface area contributed by atoms with Gasteiger partial charge in [-0.3, -0.25) is 0 Å². The quantitative estimate of drug-likeness (QED) is 0.316. The molecule has 0 radical (unpaired) electrons. The van der Waals surface area contributed by atoms with Gasteiger partial charge in [0.25, 0.3) is 5.60 Å². The van der Waals surface area contributed by atoms with Crippen molar-refractivity contribution in [2.24, 2.45) is 0 Å². The molecule has 0 aliphatic heterocycles. The second kappa shape index (κ2) is 10.7. The summed E-state index contributed by atoms with van der Waals surface area (Å²) in [6, 6.07) is 6.53. The summed E-state index contributed by atoms with van der Waals surface area (Å²) in [6.07, 6.45) is -10.2. The van der Waals surface area contributed by atoms with Gasteiger partial charge in [-0.2, -0.15) is 26.3 Å². The van der Waals surface area contributed by atoms with E-state index in [0.717, 1.165) is 11.6 Å². The molecule has 0 atom stereocenters. The molecular weight excluding hydrogens is 474 g/mol. The van der Waals surface area contributed by atoms with Gasteiger partial charge >= 0.3 is 12.4 Å². The Morgan fingerprint density at radius 1 is 1.00 bits per heavy atom. The van der Waals surface area contributed by atoms with Gasteiger partial charge in [-0.05, 0) is 52.8 Å². The molecule has 0 spiro atoms. The van der Waals surface area contributed by atoms with Gasteiger partial charge < -0.3 is 20.1 Å². The zero-order valence-electron chi connectivity index (χ0n) is 17.4. The smallest absolute Gasteiger partial charge is 0.430 e. The van der Waals surface area contributed by atoms with Gasteiger partial charge in [-0.25, -0.2) is 0 Å². The third kappa shape index (κ3) is 6.38. The standard InChI is InChI=1S/C22H22F6O4S/c1-2-15(4-3-7-20(31,21(23,24)25)22(26,27)28)19-8-14(13-33-19)12-32-18-6-5-16(10-29)17(9-18)11-30/h3-9,13,29-31H,2,10-12H2,1H3/b7-3-,15-4-. The fraction of sp³-hybridized carbons (Fsp3) is 0.364. The lowest BCUT2D eigenvalue weighted by atomic mass is 10.0. The third-order valence-electron chi connectivity index (χ3n) is 4.77. The minimum Gasteiger partial charge on any atom is -0.489 e. The monoisotopic (exact) mass is 496 g/mol. The first kappa shape index (κ1) is 26.9. The van der Waals surface area contributed by atoms with Crippen molar-refractivity contribution >= 4 is 16.9 Å². The van der Waals surface area contributed by atoms with Crippen LogP contribution in [0.1, 0.15) is 34.9 Å². The third-order valence-corrected chi connectivity index (χ3v) is 5.83. The van der Waals surface area contributed by atoms with Crippen LogP contribution in [0.15, 0.2) is 47.9 Å². The number of halogens is 6. The molecule has 11 heteroatoms. The Morgan fingerprint density at radius 2 is 1.64 bits per heavy atom. The Labute approximate surface area is 190 Å². The predicted octanol–water partition coefficient (Wildman–Crippen LogP) is 5.52. The number of allylic oxidation sites excluding steroid dienone is 3. The number of aliphatic hydroxyl groups is 3. The molecule has 1 aromatic heterocycles. The molecule has 0 saturated carbocycles. The van der Waals surface area contributed by atoms with Crippen LogP contribution in [-0.2, 0) is 19.8 Å². The van der Waals surface area contributed by atoms with E-state index in [-0.39, 0.29) is 25.9 Å². The summed E-state index contributed by atoms with van der Waals surface area (Å²) in [5.74, 6) is 0.455. The molecule has 1 heterocycles. The molecule has 2 rings (SSSR count). The number of thiophene rings is 1. The average molecular weight is 496 g/mol. The summed E-state index contributed by atoms with van der Waals surface area (Å²) in [7, 11) is 0. The molecule has 3 N–H and O–H groups in total. The second-order valence-corrected chi connectivity index (χ2v) is 7.93. The minimum atomic E-state index is -5.92. The second-order valence-electron chi connectivity index (χ2n) is 7.02. The van der Waals surface area contributed by atoms with E-state index >= 15 is 0 Å². The van der Waals surface area contributed by atoms with Gasteiger partial charge in [0.1, 0.15) is 12.4 Å². The summed E-state index contributed by atoms with van der Waals surface area (Å²) in [5.41, 5.74) is -2.66. The van der Waals surface area contributed by atoms with Crippen molar-refractivity contribution in [1.82, 2.24) is 0 Å². The van der Waals surface area contributed by atoms with Gasteiger partial charge in [0.05, 0.1) is 13.2 Å². The van der Waals surface area contributed by atoms with Gasteiger partial charge in [-0.15, -0.1) is 11.3 Å². The largest absolute Gasteiger partial charge is 0.489 e. The lowest BCUT2D eigenvalue weighted by Crippen LogP contribution is -2.55. The molecular formula is C22H22F6O4S. The van der Waals surface area contributed by atoms with Crippen LogP contribution in [0, 0.1) is 0 Å². The number of ether oxygens (including phenoxy) is 1. The van der Waals surface area contributed by atoms with Crippen LogP contribution in [0.25, 0.3) is 5.57 Å². The van der Waals surface area contributed by atoms with Crippen LogP contribution < -0.4 is 4.74 Å². The van der Waals surface area contributed by atoms with E-state index in [0.29, 0.717) is 39.8 Å². The maximum absolute atomic E-state index is 12.8. The molecule has 33 heavy (non-hydrogen) atoms. The van der Waals surface area contributed by atoms with Crippen molar-refractivity contribution in [2.45, 2.75) is 51.1 Å². The molecule has 0 saturated heterocycles. The van der Waals surface area contributed by atoms with Crippen molar-refractivity contribution in [3.63, 3.8) is 0 Å². The molecule has 0 bridgehead atoms. The molecule has 4 nitrogen and oxygen atoms in total. The molecule has 0 aliphatic rings. The van der Waals surface area contributed by atoms with Crippen LogP contribution in [0.4, 0.5) is 26.3 Å². The fourth-order valence-electron chi connectivity index (χ4n) is 2.81. The Kier molecular flexibility index (Phi) is 8.75. The highest BCUT2D eigenvalue weighted by Crippen LogP contribution is 2.44. The van der Waals surface area contributed by atoms with Crippen molar-refractivity contribution < 1.29 is 46.4 Å². The van der Waals surface area contributed by atoms with Crippen LogP contribution >= 0.6 is 11.3 Å². The predicted molar refractivity (Wildman–Crippen MR) is 111 cm³/mol. The first-order valence-electron chi connectivity index (χ1n) is 9.64. The first-order valence-corrected chi connectivity index (χ1v) is 10.5. The van der Waals surface area contributed by atoms with Gasteiger partial charge in [0.2, 0.25) is 0 Å². The Balaban J connectivity index is 2.15. The maximum atomic E-state index is 12.8. The molecule has 0 unspecified atom stereocenters. The lowest BCUT2D eigenvalue weighted by molar-refractivity contribution is -0.347. The number of hydrogen-bond donors (Lipinski definition) is 3. The highest BCUT2D eigenvalue weighted by atomic mass is 32.1. The zero-order chi connectivity index (χ0) is 24.9. The van der Waals surface area contributed by atoms with Gasteiger partial charge in [0.15, 0.2) is 0 Å². The van der Waals surface area contributed by atoms with Crippen LogP contribution in [0.2, 0.25) is 0 Å².